The van der Waals surface area contributed by atoms with Gasteiger partial charge >= 0.3 is 0 Å². The summed E-state index contributed by atoms with van der Waals surface area (Å²) in [5, 5.41) is 0. The molecule has 3 heteroatoms. The molecule has 0 aromatic heterocycles. The van der Waals surface area contributed by atoms with E-state index in [2.05, 4.69) is 74.3 Å². The van der Waals surface area contributed by atoms with Gasteiger partial charge in [0.15, 0.2) is 0 Å². The number of unbranched alkanes of at least 4 members (excludes halogenated alkanes) is 18. The van der Waals surface area contributed by atoms with Gasteiger partial charge < -0.3 is 9.47 Å². The van der Waals surface area contributed by atoms with Gasteiger partial charge in [-0.3, -0.25) is 4.90 Å². The summed E-state index contributed by atoms with van der Waals surface area (Å²) < 4.78 is 12.7. The zero-order chi connectivity index (χ0) is 32.3. The van der Waals surface area contributed by atoms with Gasteiger partial charge in [-0.2, -0.15) is 0 Å². The van der Waals surface area contributed by atoms with Crippen molar-refractivity contribution in [1.82, 2.24) is 4.90 Å². The minimum atomic E-state index is 0.257. The number of allylic oxidation sites excluding steroid dienone is 8. The molecule has 0 amide bonds. The van der Waals surface area contributed by atoms with E-state index in [1.54, 1.807) is 0 Å². The first kappa shape index (κ1) is 41.9. The van der Waals surface area contributed by atoms with Crippen molar-refractivity contribution in [3.63, 3.8) is 0 Å². The first-order valence-corrected chi connectivity index (χ1v) is 19.9. The van der Waals surface area contributed by atoms with Gasteiger partial charge in [0, 0.05) is 26.3 Å². The fourth-order valence-corrected chi connectivity index (χ4v) is 6.05. The average molecular weight is 628 g/mol. The Morgan fingerprint density at radius 1 is 0.422 bits per heavy atom. The fourth-order valence-electron chi connectivity index (χ4n) is 6.05. The van der Waals surface area contributed by atoms with Gasteiger partial charge in [0.05, 0.1) is 12.2 Å². The molecular weight excluding hydrogens is 550 g/mol. The number of hydrogen-bond acceptors (Lipinski definition) is 3. The Kier molecular flexibility index (Phi) is 31.8. The summed E-state index contributed by atoms with van der Waals surface area (Å²) in [5.74, 6) is 0. The summed E-state index contributed by atoms with van der Waals surface area (Å²) in [4.78, 5) is 2.49. The maximum absolute atomic E-state index is 6.36. The molecule has 262 valence electrons. The molecule has 1 aliphatic rings. The zero-order valence-electron chi connectivity index (χ0n) is 30.5. The molecule has 1 rings (SSSR count). The zero-order valence-corrected chi connectivity index (χ0v) is 30.5. The van der Waals surface area contributed by atoms with Crippen molar-refractivity contribution < 1.29 is 9.47 Å². The van der Waals surface area contributed by atoms with Gasteiger partial charge in [0.1, 0.15) is 0 Å². The van der Waals surface area contributed by atoms with E-state index >= 15 is 0 Å². The summed E-state index contributed by atoms with van der Waals surface area (Å²) >= 11 is 0. The molecule has 1 heterocycles. The molecule has 0 radical (unpaired) electrons. The van der Waals surface area contributed by atoms with E-state index in [9.17, 15) is 0 Å². The highest BCUT2D eigenvalue weighted by Gasteiger charge is 2.33. The van der Waals surface area contributed by atoms with Crippen LogP contribution in [0.25, 0.3) is 0 Å². The highest BCUT2D eigenvalue weighted by atomic mass is 16.5. The van der Waals surface area contributed by atoms with Crippen LogP contribution in [0.3, 0.4) is 0 Å². The second-order valence-electron chi connectivity index (χ2n) is 13.3. The predicted octanol–water partition coefficient (Wildman–Crippen LogP) is 12.7. The molecule has 0 aromatic carbocycles. The highest BCUT2D eigenvalue weighted by molar-refractivity contribution is 4.93. The molecular formula is C42H77NO2. The van der Waals surface area contributed by atoms with Crippen molar-refractivity contribution in [2.24, 2.45) is 0 Å². The van der Waals surface area contributed by atoms with Crippen molar-refractivity contribution in [2.75, 3.05) is 32.8 Å². The Bertz CT molecular complexity index is 653. The molecule has 1 aliphatic heterocycles. The average Bonchev–Trinajstić information content (AvgIpc) is 3.45. The molecule has 2 atom stereocenters. The third-order valence-electron chi connectivity index (χ3n) is 9.09. The van der Waals surface area contributed by atoms with Gasteiger partial charge in [-0.25, -0.2) is 0 Å². The molecule has 0 bridgehead atoms. The molecule has 1 saturated heterocycles. The molecule has 2 unspecified atom stereocenters. The van der Waals surface area contributed by atoms with Gasteiger partial charge in [-0.1, -0.05) is 146 Å². The first-order chi connectivity index (χ1) is 22.3. The Labute approximate surface area is 282 Å². The molecule has 3 nitrogen and oxygen atoms in total. The van der Waals surface area contributed by atoms with Crippen LogP contribution >= 0.6 is 0 Å². The second kappa shape index (κ2) is 34.2. The Morgan fingerprint density at radius 3 is 1.11 bits per heavy atom. The van der Waals surface area contributed by atoms with Gasteiger partial charge in [-0.05, 0) is 83.6 Å². The van der Waals surface area contributed by atoms with Crippen LogP contribution in [0.5, 0.6) is 0 Å². The van der Waals surface area contributed by atoms with E-state index in [1.165, 1.54) is 141 Å². The lowest BCUT2D eigenvalue weighted by Crippen LogP contribution is -2.30. The second-order valence-corrected chi connectivity index (χ2v) is 13.3. The number of ether oxygens (including phenoxy) is 2. The summed E-state index contributed by atoms with van der Waals surface area (Å²) in [5.41, 5.74) is 0. The third-order valence-corrected chi connectivity index (χ3v) is 9.09. The number of nitrogens with zero attached hydrogens (tertiary/aromatic N) is 1. The summed E-state index contributed by atoms with van der Waals surface area (Å²) in [6.45, 7) is 11.7. The molecule has 45 heavy (non-hydrogen) atoms. The van der Waals surface area contributed by atoms with Crippen molar-refractivity contribution in [1.29, 1.82) is 0 Å². The van der Waals surface area contributed by atoms with Crippen molar-refractivity contribution in [2.45, 2.75) is 187 Å². The number of likely N-dealkylation sites (N-methyl/N-ethyl adjacent to an activating group) is 1. The van der Waals surface area contributed by atoms with E-state index in [0.717, 1.165) is 45.7 Å². The lowest BCUT2D eigenvalue weighted by molar-refractivity contribution is -0.0481. The van der Waals surface area contributed by atoms with E-state index in [0.29, 0.717) is 0 Å². The fraction of sp³-hybridized carbons (Fsp3) is 0.810. The van der Waals surface area contributed by atoms with Crippen molar-refractivity contribution >= 4 is 0 Å². The monoisotopic (exact) mass is 628 g/mol. The Hall–Kier alpha value is -1.16. The van der Waals surface area contributed by atoms with Crippen LogP contribution in [0.2, 0.25) is 0 Å². The van der Waals surface area contributed by atoms with Crippen LogP contribution in [-0.4, -0.2) is 50.0 Å². The maximum atomic E-state index is 6.36. The lowest BCUT2D eigenvalue weighted by atomic mass is 10.1. The molecule has 0 N–H and O–H groups in total. The van der Waals surface area contributed by atoms with Crippen LogP contribution in [0.4, 0.5) is 0 Å². The van der Waals surface area contributed by atoms with Crippen LogP contribution in [-0.2, 0) is 9.47 Å². The quantitative estimate of drug-likeness (QED) is 0.0534. The molecule has 0 aromatic rings. The van der Waals surface area contributed by atoms with Crippen LogP contribution in [0.15, 0.2) is 48.6 Å². The van der Waals surface area contributed by atoms with Crippen LogP contribution in [0, 0.1) is 0 Å². The van der Waals surface area contributed by atoms with Crippen LogP contribution in [0.1, 0.15) is 175 Å². The number of rotatable bonds is 33. The van der Waals surface area contributed by atoms with Crippen molar-refractivity contribution in [3.05, 3.63) is 48.6 Å². The van der Waals surface area contributed by atoms with E-state index in [-0.39, 0.29) is 12.2 Å². The third kappa shape index (κ3) is 27.6. The Balaban J connectivity index is 1.95. The van der Waals surface area contributed by atoms with Crippen molar-refractivity contribution in [3.8, 4) is 0 Å². The summed E-state index contributed by atoms with van der Waals surface area (Å²) in [7, 11) is 0. The minimum absolute atomic E-state index is 0.257. The number of hydrogen-bond donors (Lipinski definition) is 0. The predicted molar refractivity (Wildman–Crippen MR) is 200 cm³/mol. The number of likely N-dealkylation sites (tertiary alicyclic amines) is 1. The smallest absolute Gasteiger partial charge is 0.0975 e. The van der Waals surface area contributed by atoms with E-state index in [1.807, 2.05) is 0 Å². The van der Waals surface area contributed by atoms with Crippen LogP contribution < -0.4 is 0 Å². The standard InChI is InChI=1S/C42H77NO2/c1-4-7-9-11-13-15-17-19-21-23-25-27-29-31-33-35-37-44-41-39-43(6-3)40-42(41)45-38-36-34-32-30-28-26-24-22-20-18-16-14-12-10-8-5-2/h13-16,19-22,41-42H,4-12,17-18,23-40H2,1-3H3/b15-13-,16-14-,21-19-,22-20-. The molecule has 0 spiro atoms. The van der Waals surface area contributed by atoms with Gasteiger partial charge in [0.25, 0.3) is 0 Å². The summed E-state index contributed by atoms with van der Waals surface area (Å²) in [6.07, 6.45) is 50.2. The minimum Gasteiger partial charge on any atom is -0.374 e. The van der Waals surface area contributed by atoms with E-state index < -0.39 is 0 Å². The van der Waals surface area contributed by atoms with Gasteiger partial charge in [-0.15, -0.1) is 0 Å². The molecule has 0 aliphatic carbocycles. The molecule has 0 saturated carbocycles. The SMILES string of the molecule is CCCCC/C=C\C/C=C\CCCCCCCCOC1CN(CC)CC1OCCCCCCCC/C=C\C/C=C\CCCCC. The molecule has 1 fully saturated rings. The topological polar surface area (TPSA) is 21.7 Å². The lowest BCUT2D eigenvalue weighted by Gasteiger charge is -2.20. The largest absolute Gasteiger partial charge is 0.374 e. The Morgan fingerprint density at radius 2 is 0.756 bits per heavy atom. The normalized spacial score (nSPS) is 17.8. The summed E-state index contributed by atoms with van der Waals surface area (Å²) in [6, 6.07) is 0. The first-order valence-electron chi connectivity index (χ1n) is 19.9. The van der Waals surface area contributed by atoms with E-state index in [4.69, 9.17) is 9.47 Å². The maximum Gasteiger partial charge on any atom is 0.0975 e. The van der Waals surface area contributed by atoms with Gasteiger partial charge in [0.2, 0.25) is 0 Å². The highest BCUT2D eigenvalue weighted by Crippen LogP contribution is 2.19.